The minimum atomic E-state index is -3.33. The van der Waals surface area contributed by atoms with Gasteiger partial charge in [-0.25, -0.2) is 8.42 Å². The molecule has 136 valence electrons. The van der Waals surface area contributed by atoms with Crippen LogP contribution in [-0.2, 0) is 21.2 Å². The summed E-state index contributed by atoms with van der Waals surface area (Å²) in [6, 6.07) is 13.2. The lowest BCUT2D eigenvalue weighted by Crippen LogP contribution is -2.23. The summed E-state index contributed by atoms with van der Waals surface area (Å²) in [6.07, 6.45) is 2.62. The number of carbonyl (C=O) groups is 2. The van der Waals surface area contributed by atoms with Gasteiger partial charge in [-0.3, -0.25) is 9.59 Å². The van der Waals surface area contributed by atoms with Gasteiger partial charge in [0.1, 0.15) is 0 Å². The Hall–Kier alpha value is -2.67. The van der Waals surface area contributed by atoms with Crippen molar-refractivity contribution in [3.8, 4) is 0 Å². The molecule has 1 aliphatic rings. The van der Waals surface area contributed by atoms with Crippen LogP contribution in [0.1, 0.15) is 28.8 Å². The summed E-state index contributed by atoms with van der Waals surface area (Å²) in [6.45, 7) is 1.33. The van der Waals surface area contributed by atoms with Crippen molar-refractivity contribution in [3.63, 3.8) is 0 Å². The molecule has 0 atom stereocenters. The molecule has 2 aromatic rings. The highest BCUT2D eigenvalue weighted by molar-refractivity contribution is 7.90. The van der Waals surface area contributed by atoms with Crippen LogP contribution in [0.4, 0.5) is 5.69 Å². The van der Waals surface area contributed by atoms with Crippen molar-refractivity contribution in [2.24, 2.45) is 0 Å². The van der Waals surface area contributed by atoms with Crippen LogP contribution >= 0.6 is 0 Å². The number of nitrogens with one attached hydrogen (secondary N) is 1. The number of sulfone groups is 1. The Morgan fingerprint density at radius 3 is 2.50 bits per heavy atom. The van der Waals surface area contributed by atoms with Crippen LogP contribution in [0, 0.1) is 0 Å². The molecule has 2 aromatic carbocycles. The van der Waals surface area contributed by atoms with E-state index in [0.29, 0.717) is 24.2 Å². The molecule has 0 bridgehead atoms. The van der Waals surface area contributed by atoms with E-state index in [1.54, 1.807) is 24.3 Å². The zero-order valence-electron chi connectivity index (χ0n) is 14.4. The summed E-state index contributed by atoms with van der Waals surface area (Å²) in [5.74, 6) is -0.156. The van der Waals surface area contributed by atoms with Crippen molar-refractivity contribution >= 4 is 27.3 Å². The van der Waals surface area contributed by atoms with Gasteiger partial charge >= 0.3 is 0 Å². The van der Waals surface area contributed by atoms with Gasteiger partial charge in [0.2, 0.25) is 5.91 Å². The molecule has 0 aromatic heterocycles. The van der Waals surface area contributed by atoms with Gasteiger partial charge in [0.25, 0.3) is 5.91 Å². The topological polar surface area (TPSA) is 83.6 Å². The summed E-state index contributed by atoms with van der Waals surface area (Å²) in [5, 5.41) is 2.70. The molecule has 0 aliphatic carbocycles. The number of hydrogen-bond donors (Lipinski definition) is 1. The zero-order chi connectivity index (χ0) is 18.7. The molecule has 7 heteroatoms. The minimum absolute atomic E-state index is 0.154. The largest absolute Gasteiger partial charge is 0.338 e. The first-order valence-corrected chi connectivity index (χ1v) is 10.2. The van der Waals surface area contributed by atoms with Crippen LogP contribution in [0.5, 0.6) is 0 Å². The Kier molecular flexibility index (Phi) is 5.08. The van der Waals surface area contributed by atoms with E-state index in [0.717, 1.165) is 24.8 Å². The summed E-state index contributed by atoms with van der Waals surface area (Å²) in [4.78, 5) is 26.0. The maximum absolute atomic E-state index is 12.4. The maximum Gasteiger partial charge on any atom is 0.255 e. The lowest BCUT2D eigenvalue weighted by molar-refractivity contribution is -0.128. The average Bonchev–Trinajstić information content (AvgIpc) is 3.00. The van der Waals surface area contributed by atoms with Crippen molar-refractivity contribution in [2.75, 3.05) is 18.1 Å². The molecule has 0 radical (unpaired) electrons. The van der Waals surface area contributed by atoms with Crippen molar-refractivity contribution in [3.05, 3.63) is 59.7 Å². The SMILES string of the molecule is CS(=O)(=O)c1cccc(NC(=O)c2ccc(CN3CCCC3=O)cc2)c1. The third kappa shape index (κ3) is 4.29. The van der Waals surface area contributed by atoms with Gasteiger partial charge in [-0.2, -0.15) is 0 Å². The fourth-order valence-corrected chi connectivity index (χ4v) is 3.53. The summed E-state index contributed by atoms with van der Waals surface area (Å²) >= 11 is 0. The summed E-state index contributed by atoms with van der Waals surface area (Å²) in [7, 11) is -3.33. The van der Waals surface area contributed by atoms with Crippen LogP contribution < -0.4 is 5.32 Å². The fourth-order valence-electron chi connectivity index (χ4n) is 2.86. The van der Waals surface area contributed by atoms with Crippen molar-refractivity contribution < 1.29 is 18.0 Å². The Labute approximate surface area is 152 Å². The molecule has 2 amide bonds. The Morgan fingerprint density at radius 2 is 1.88 bits per heavy atom. The smallest absolute Gasteiger partial charge is 0.255 e. The van der Waals surface area contributed by atoms with Crippen LogP contribution in [0.2, 0.25) is 0 Å². The summed E-state index contributed by atoms with van der Waals surface area (Å²) in [5.41, 5.74) is 1.85. The molecule has 0 spiro atoms. The van der Waals surface area contributed by atoms with Gasteiger partial charge in [0, 0.05) is 37.0 Å². The Balaban J connectivity index is 1.68. The Bertz CT molecular complexity index is 936. The van der Waals surface area contributed by atoms with Gasteiger partial charge in [0.05, 0.1) is 4.90 Å². The second-order valence-electron chi connectivity index (χ2n) is 6.37. The zero-order valence-corrected chi connectivity index (χ0v) is 15.3. The van der Waals surface area contributed by atoms with Crippen molar-refractivity contribution in [1.82, 2.24) is 4.90 Å². The number of likely N-dealkylation sites (tertiary alicyclic amines) is 1. The highest BCUT2D eigenvalue weighted by atomic mass is 32.2. The number of amides is 2. The first-order valence-electron chi connectivity index (χ1n) is 8.31. The first kappa shape index (κ1) is 18.1. The van der Waals surface area contributed by atoms with Gasteiger partial charge in [-0.1, -0.05) is 18.2 Å². The standard InChI is InChI=1S/C19H20N2O4S/c1-26(24,25)17-5-2-4-16(12-17)20-19(23)15-9-7-14(8-10-15)13-21-11-3-6-18(21)22/h2,4-5,7-10,12H,3,6,11,13H2,1H3,(H,20,23). The van der Waals surface area contributed by atoms with Crippen LogP contribution in [0.25, 0.3) is 0 Å². The lowest BCUT2D eigenvalue weighted by Gasteiger charge is -2.15. The molecule has 26 heavy (non-hydrogen) atoms. The van der Waals surface area contributed by atoms with Crippen LogP contribution in [0.3, 0.4) is 0 Å². The second kappa shape index (κ2) is 7.29. The normalized spacial score (nSPS) is 14.5. The lowest BCUT2D eigenvalue weighted by atomic mass is 10.1. The number of benzene rings is 2. The highest BCUT2D eigenvalue weighted by Crippen LogP contribution is 2.18. The molecule has 1 saturated heterocycles. The molecular weight excluding hydrogens is 352 g/mol. The van der Waals surface area contributed by atoms with E-state index < -0.39 is 9.84 Å². The quantitative estimate of drug-likeness (QED) is 0.874. The monoisotopic (exact) mass is 372 g/mol. The molecule has 6 nitrogen and oxygen atoms in total. The number of hydrogen-bond acceptors (Lipinski definition) is 4. The highest BCUT2D eigenvalue weighted by Gasteiger charge is 2.20. The number of anilines is 1. The number of carbonyl (C=O) groups excluding carboxylic acids is 2. The van der Waals surface area contributed by atoms with E-state index in [1.807, 2.05) is 17.0 Å². The van der Waals surface area contributed by atoms with Crippen LogP contribution in [-0.4, -0.2) is 37.9 Å². The predicted molar refractivity (Wildman–Crippen MR) is 98.6 cm³/mol. The molecule has 0 saturated carbocycles. The van der Waals surface area contributed by atoms with Gasteiger partial charge in [-0.05, 0) is 42.3 Å². The van der Waals surface area contributed by atoms with Gasteiger partial charge in [-0.15, -0.1) is 0 Å². The summed E-state index contributed by atoms with van der Waals surface area (Å²) < 4.78 is 23.2. The third-order valence-electron chi connectivity index (χ3n) is 4.28. The Morgan fingerprint density at radius 1 is 1.15 bits per heavy atom. The van der Waals surface area contributed by atoms with E-state index >= 15 is 0 Å². The van der Waals surface area contributed by atoms with Crippen molar-refractivity contribution in [2.45, 2.75) is 24.3 Å². The molecule has 1 heterocycles. The molecular formula is C19H20N2O4S. The molecule has 1 fully saturated rings. The van der Waals surface area contributed by atoms with Crippen molar-refractivity contribution in [1.29, 1.82) is 0 Å². The van der Waals surface area contributed by atoms with Gasteiger partial charge in [0.15, 0.2) is 9.84 Å². The average molecular weight is 372 g/mol. The molecule has 1 aliphatic heterocycles. The maximum atomic E-state index is 12.4. The predicted octanol–water partition coefficient (Wildman–Crippen LogP) is 2.46. The second-order valence-corrected chi connectivity index (χ2v) is 8.39. The first-order chi connectivity index (χ1) is 12.3. The van der Waals surface area contributed by atoms with Gasteiger partial charge < -0.3 is 10.2 Å². The number of rotatable bonds is 5. The van der Waals surface area contributed by atoms with Crippen LogP contribution in [0.15, 0.2) is 53.4 Å². The molecule has 3 rings (SSSR count). The molecule has 1 N–H and O–H groups in total. The van der Waals surface area contributed by atoms with E-state index in [-0.39, 0.29) is 16.7 Å². The molecule has 0 unspecified atom stereocenters. The minimum Gasteiger partial charge on any atom is -0.338 e. The number of nitrogens with zero attached hydrogens (tertiary/aromatic N) is 1. The fraction of sp³-hybridized carbons (Fsp3) is 0.263. The third-order valence-corrected chi connectivity index (χ3v) is 5.39. The van der Waals surface area contributed by atoms with E-state index in [2.05, 4.69) is 5.32 Å². The van der Waals surface area contributed by atoms with E-state index in [4.69, 9.17) is 0 Å². The van der Waals surface area contributed by atoms with E-state index in [9.17, 15) is 18.0 Å². The van der Waals surface area contributed by atoms with E-state index in [1.165, 1.54) is 12.1 Å².